The summed E-state index contributed by atoms with van der Waals surface area (Å²) in [5.74, 6) is -1.23. The molecule has 0 saturated carbocycles. The van der Waals surface area contributed by atoms with Crippen LogP contribution in [0, 0.1) is 0 Å². The van der Waals surface area contributed by atoms with Gasteiger partial charge in [-0.1, -0.05) is 11.6 Å². The number of rotatable bonds is 8. The maximum atomic E-state index is 12.2. The molecule has 1 aliphatic rings. The Morgan fingerprint density at radius 3 is 2.52 bits per heavy atom. The van der Waals surface area contributed by atoms with Crippen molar-refractivity contribution in [1.82, 2.24) is 10.2 Å². The smallest absolute Gasteiger partial charge is 0.321 e. The molecule has 1 fully saturated rings. The van der Waals surface area contributed by atoms with Crippen molar-refractivity contribution in [2.75, 3.05) is 39.4 Å². The van der Waals surface area contributed by atoms with E-state index < -0.39 is 12.0 Å². The summed E-state index contributed by atoms with van der Waals surface area (Å²) in [7, 11) is 0. The van der Waals surface area contributed by atoms with E-state index in [0.29, 0.717) is 30.3 Å². The van der Waals surface area contributed by atoms with Crippen LogP contribution in [0.25, 0.3) is 0 Å². The Kier molecular flexibility index (Phi) is 6.98. The van der Waals surface area contributed by atoms with Crippen LogP contribution >= 0.6 is 11.6 Å². The molecule has 1 aliphatic heterocycles. The number of Topliss-reactive ketones (excluding diaryl/α,β-unsaturated/α-hetero) is 1. The summed E-state index contributed by atoms with van der Waals surface area (Å²) in [6, 6.07) is 5.57. The molecular weight excluding hydrogens is 320 g/mol. The molecule has 1 aromatic rings. The fourth-order valence-electron chi connectivity index (χ4n) is 2.41. The summed E-state index contributed by atoms with van der Waals surface area (Å²) in [5.41, 5.74) is 0.468. The van der Waals surface area contributed by atoms with E-state index in [1.165, 1.54) is 0 Å². The number of carbonyl (C=O) groups excluding carboxylic acids is 1. The molecule has 6 nitrogen and oxygen atoms in total. The second-order valence-electron chi connectivity index (χ2n) is 5.43. The molecule has 7 heteroatoms. The maximum Gasteiger partial charge on any atom is 0.321 e. The SMILES string of the molecule is O=C(C[C@@H](NCCN1CCOCC1)C(=O)O)c1ccc(Cl)cc1. The maximum absolute atomic E-state index is 12.2. The van der Waals surface area contributed by atoms with E-state index in [0.717, 1.165) is 19.6 Å². The topological polar surface area (TPSA) is 78.9 Å². The molecule has 126 valence electrons. The third-order valence-electron chi connectivity index (χ3n) is 3.78. The Morgan fingerprint density at radius 1 is 1.26 bits per heavy atom. The first kappa shape index (κ1) is 17.9. The van der Waals surface area contributed by atoms with Crippen LogP contribution in [-0.2, 0) is 9.53 Å². The van der Waals surface area contributed by atoms with Gasteiger partial charge in [0.2, 0.25) is 0 Å². The minimum absolute atomic E-state index is 0.0833. The normalized spacial score (nSPS) is 16.9. The highest BCUT2D eigenvalue weighted by molar-refractivity contribution is 6.30. The zero-order valence-corrected chi connectivity index (χ0v) is 13.6. The Labute approximate surface area is 140 Å². The first-order chi connectivity index (χ1) is 11.1. The van der Waals surface area contributed by atoms with Gasteiger partial charge in [0.15, 0.2) is 5.78 Å². The van der Waals surface area contributed by atoms with Crippen molar-refractivity contribution in [2.45, 2.75) is 12.5 Å². The second kappa shape index (κ2) is 8.98. The lowest BCUT2D eigenvalue weighted by molar-refractivity contribution is -0.139. The van der Waals surface area contributed by atoms with Gasteiger partial charge in [0.25, 0.3) is 0 Å². The van der Waals surface area contributed by atoms with Gasteiger partial charge in [0.05, 0.1) is 13.2 Å². The van der Waals surface area contributed by atoms with Crippen molar-refractivity contribution in [2.24, 2.45) is 0 Å². The van der Waals surface area contributed by atoms with Crippen LogP contribution in [-0.4, -0.2) is 67.2 Å². The van der Waals surface area contributed by atoms with Gasteiger partial charge >= 0.3 is 5.97 Å². The molecule has 0 aliphatic carbocycles. The van der Waals surface area contributed by atoms with Gasteiger partial charge in [-0.25, -0.2) is 0 Å². The first-order valence-electron chi connectivity index (χ1n) is 7.61. The number of aliphatic carboxylic acids is 1. The number of nitrogens with zero attached hydrogens (tertiary/aromatic N) is 1. The van der Waals surface area contributed by atoms with E-state index in [4.69, 9.17) is 16.3 Å². The average Bonchev–Trinajstić information content (AvgIpc) is 2.55. The molecule has 0 unspecified atom stereocenters. The number of hydrogen-bond donors (Lipinski definition) is 2. The highest BCUT2D eigenvalue weighted by Gasteiger charge is 2.22. The van der Waals surface area contributed by atoms with Crippen LogP contribution in [0.5, 0.6) is 0 Å². The van der Waals surface area contributed by atoms with Gasteiger partial charge in [-0.05, 0) is 24.3 Å². The van der Waals surface area contributed by atoms with Gasteiger partial charge < -0.3 is 15.2 Å². The molecule has 1 heterocycles. The Bertz CT molecular complexity index is 529. The average molecular weight is 341 g/mol. The Hall–Kier alpha value is -1.47. The summed E-state index contributed by atoms with van der Waals surface area (Å²) in [4.78, 5) is 25.7. The molecule has 0 radical (unpaired) electrons. The molecular formula is C16H21ClN2O4. The number of ether oxygens (including phenoxy) is 1. The lowest BCUT2D eigenvalue weighted by Crippen LogP contribution is -2.45. The fourth-order valence-corrected chi connectivity index (χ4v) is 2.53. The quantitative estimate of drug-likeness (QED) is 0.694. The first-order valence-corrected chi connectivity index (χ1v) is 7.99. The number of benzene rings is 1. The summed E-state index contributed by atoms with van der Waals surface area (Å²) >= 11 is 5.78. The van der Waals surface area contributed by atoms with Crippen LogP contribution in [0.4, 0.5) is 0 Å². The molecule has 23 heavy (non-hydrogen) atoms. The van der Waals surface area contributed by atoms with Crippen molar-refractivity contribution in [3.05, 3.63) is 34.9 Å². The van der Waals surface area contributed by atoms with Crippen LogP contribution in [0.1, 0.15) is 16.8 Å². The monoisotopic (exact) mass is 340 g/mol. The number of hydrogen-bond acceptors (Lipinski definition) is 5. The van der Waals surface area contributed by atoms with Crippen LogP contribution in [0.3, 0.4) is 0 Å². The molecule has 2 N–H and O–H groups in total. The minimum atomic E-state index is -1.02. The lowest BCUT2D eigenvalue weighted by atomic mass is 10.0. The molecule has 0 spiro atoms. The third-order valence-corrected chi connectivity index (χ3v) is 4.03. The van der Waals surface area contributed by atoms with E-state index in [2.05, 4.69) is 10.2 Å². The van der Waals surface area contributed by atoms with Gasteiger partial charge in [-0.2, -0.15) is 0 Å². The number of halogens is 1. The number of morpholine rings is 1. The predicted molar refractivity (Wildman–Crippen MR) is 87.1 cm³/mol. The molecule has 1 saturated heterocycles. The van der Waals surface area contributed by atoms with Gasteiger partial charge in [0.1, 0.15) is 6.04 Å². The molecule has 0 amide bonds. The van der Waals surface area contributed by atoms with E-state index >= 15 is 0 Å². The fraction of sp³-hybridized carbons (Fsp3) is 0.500. The zero-order chi connectivity index (χ0) is 16.7. The summed E-state index contributed by atoms with van der Waals surface area (Å²) in [6.07, 6.45) is -0.0833. The molecule has 2 rings (SSSR count). The largest absolute Gasteiger partial charge is 0.480 e. The Morgan fingerprint density at radius 2 is 1.91 bits per heavy atom. The molecule has 1 atom stereocenters. The lowest BCUT2D eigenvalue weighted by Gasteiger charge is -2.27. The van der Waals surface area contributed by atoms with Crippen LogP contribution < -0.4 is 5.32 Å². The number of nitrogens with one attached hydrogen (secondary N) is 1. The van der Waals surface area contributed by atoms with Crippen molar-refractivity contribution in [1.29, 1.82) is 0 Å². The molecule has 0 aromatic heterocycles. The van der Waals surface area contributed by atoms with E-state index in [1.807, 2.05) is 0 Å². The van der Waals surface area contributed by atoms with Crippen molar-refractivity contribution in [3.63, 3.8) is 0 Å². The zero-order valence-electron chi connectivity index (χ0n) is 12.8. The van der Waals surface area contributed by atoms with Gasteiger partial charge in [-0.15, -0.1) is 0 Å². The van der Waals surface area contributed by atoms with Crippen molar-refractivity contribution >= 4 is 23.4 Å². The number of ketones is 1. The number of carboxylic acids is 1. The van der Waals surface area contributed by atoms with Crippen molar-refractivity contribution in [3.8, 4) is 0 Å². The van der Waals surface area contributed by atoms with Crippen LogP contribution in [0.2, 0.25) is 5.02 Å². The summed E-state index contributed by atoms with van der Waals surface area (Å²) < 4.78 is 5.27. The number of carboxylic acid groups (broad SMARTS) is 1. The third kappa shape index (κ3) is 5.91. The van der Waals surface area contributed by atoms with E-state index in [1.54, 1.807) is 24.3 Å². The molecule has 1 aromatic carbocycles. The van der Waals surface area contributed by atoms with Gasteiger partial charge in [-0.3, -0.25) is 14.5 Å². The Balaban J connectivity index is 1.81. The highest BCUT2D eigenvalue weighted by Crippen LogP contribution is 2.12. The van der Waals surface area contributed by atoms with Gasteiger partial charge in [0, 0.05) is 43.2 Å². The summed E-state index contributed by atoms with van der Waals surface area (Å²) in [6.45, 7) is 4.37. The molecule has 0 bridgehead atoms. The highest BCUT2D eigenvalue weighted by atomic mass is 35.5. The van der Waals surface area contributed by atoms with Crippen molar-refractivity contribution < 1.29 is 19.4 Å². The van der Waals surface area contributed by atoms with E-state index in [9.17, 15) is 14.7 Å². The summed E-state index contributed by atoms with van der Waals surface area (Å²) in [5, 5.41) is 12.8. The second-order valence-corrected chi connectivity index (χ2v) is 5.87. The predicted octanol–water partition coefficient (Wildman–Crippen LogP) is 1.29. The minimum Gasteiger partial charge on any atom is -0.480 e. The standard InChI is InChI=1S/C16H21ClN2O4/c17-13-3-1-12(2-4-13)15(20)11-14(16(21)22)18-5-6-19-7-9-23-10-8-19/h1-4,14,18H,5-11H2,(H,21,22)/t14-/m1/s1. The van der Waals surface area contributed by atoms with E-state index in [-0.39, 0.29) is 12.2 Å². The van der Waals surface area contributed by atoms with Crippen LogP contribution in [0.15, 0.2) is 24.3 Å². The number of carbonyl (C=O) groups is 2.